The molecule has 1 rings (SSSR count). The van der Waals surface area contributed by atoms with E-state index in [1.807, 2.05) is 0 Å². The normalized spacial score (nSPS) is 11.5. The number of aromatic hydroxyl groups is 1. The number of rotatable bonds is 5. The molecule has 0 aromatic heterocycles. The van der Waals surface area contributed by atoms with Crippen molar-refractivity contribution >= 4 is 0 Å². The molecule has 0 saturated carbocycles. The SMILES string of the molecule is C=CCNC(C#N)c1ccc(OC)c(O)c1. The highest BCUT2D eigenvalue weighted by atomic mass is 16.5. The number of nitriles is 1. The largest absolute Gasteiger partial charge is 0.504 e. The molecular formula is C12H14N2O2. The summed E-state index contributed by atoms with van der Waals surface area (Å²) in [6, 6.07) is 6.53. The zero-order valence-electron chi connectivity index (χ0n) is 9.10. The van der Waals surface area contributed by atoms with Gasteiger partial charge in [0, 0.05) is 6.54 Å². The van der Waals surface area contributed by atoms with E-state index in [2.05, 4.69) is 18.0 Å². The van der Waals surface area contributed by atoms with Crippen molar-refractivity contribution in [2.45, 2.75) is 6.04 Å². The van der Waals surface area contributed by atoms with Crippen molar-refractivity contribution in [3.05, 3.63) is 36.4 Å². The molecule has 0 spiro atoms. The van der Waals surface area contributed by atoms with Gasteiger partial charge in [-0.3, -0.25) is 5.32 Å². The number of nitrogens with zero attached hydrogens (tertiary/aromatic N) is 1. The van der Waals surface area contributed by atoms with Crippen LogP contribution in [0, 0.1) is 11.3 Å². The third-order valence-electron chi connectivity index (χ3n) is 2.13. The van der Waals surface area contributed by atoms with Crippen molar-refractivity contribution in [3.8, 4) is 17.6 Å². The predicted octanol–water partition coefficient (Wildman–Crippen LogP) is 1.74. The first-order valence-electron chi connectivity index (χ1n) is 4.83. The number of ether oxygens (including phenoxy) is 1. The van der Waals surface area contributed by atoms with E-state index in [1.54, 1.807) is 18.2 Å². The monoisotopic (exact) mass is 218 g/mol. The Labute approximate surface area is 94.8 Å². The van der Waals surface area contributed by atoms with Crippen molar-refractivity contribution < 1.29 is 9.84 Å². The Morgan fingerprint density at radius 3 is 2.94 bits per heavy atom. The third-order valence-corrected chi connectivity index (χ3v) is 2.13. The number of hydrogen-bond acceptors (Lipinski definition) is 4. The van der Waals surface area contributed by atoms with Crippen LogP contribution in [0.4, 0.5) is 0 Å². The molecular weight excluding hydrogens is 204 g/mol. The highest BCUT2D eigenvalue weighted by molar-refractivity contribution is 5.43. The van der Waals surface area contributed by atoms with Gasteiger partial charge in [0.1, 0.15) is 6.04 Å². The van der Waals surface area contributed by atoms with Crippen LogP contribution < -0.4 is 10.1 Å². The Balaban J connectivity index is 2.90. The van der Waals surface area contributed by atoms with Crippen LogP contribution in [0.15, 0.2) is 30.9 Å². The molecule has 0 amide bonds. The summed E-state index contributed by atoms with van der Waals surface area (Å²) in [7, 11) is 1.48. The molecule has 1 aromatic carbocycles. The maximum absolute atomic E-state index is 9.58. The van der Waals surface area contributed by atoms with Crippen LogP contribution in [0.2, 0.25) is 0 Å². The predicted molar refractivity (Wildman–Crippen MR) is 61.2 cm³/mol. The van der Waals surface area contributed by atoms with Gasteiger partial charge in [-0.1, -0.05) is 12.1 Å². The molecule has 0 radical (unpaired) electrons. The van der Waals surface area contributed by atoms with Crippen molar-refractivity contribution in [3.63, 3.8) is 0 Å². The smallest absolute Gasteiger partial charge is 0.160 e. The second-order valence-corrected chi connectivity index (χ2v) is 3.19. The highest BCUT2D eigenvalue weighted by Gasteiger charge is 2.11. The first-order valence-corrected chi connectivity index (χ1v) is 4.83. The summed E-state index contributed by atoms with van der Waals surface area (Å²) in [5.74, 6) is 0.421. The van der Waals surface area contributed by atoms with Crippen molar-refractivity contribution in [2.75, 3.05) is 13.7 Å². The molecule has 2 N–H and O–H groups in total. The van der Waals surface area contributed by atoms with Crippen molar-refractivity contribution in [2.24, 2.45) is 0 Å². The first kappa shape index (κ1) is 12.1. The molecule has 1 unspecified atom stereocenters. The number of benzene rings is 1. The Morgan fingerprint density at radius 2 is 2.44 bits per heavy atom. The molecule has 0 fully saturated rings. The minimum Gasteiger partial charge on any atom is -0.504 e. The second-order valence-electron chi connectivity index (χ2n) is 3.19. The average molecular weight is 218 g/mol. The van der Waals surface area contributed by atoms with Crippen LogP contribution in [0.1, 0.15) is 11.6 Å². The van der Waals surface area contributed by atoms with Gasteiger partial charge < -0.3 is 9.84 Å². The fraction of sp³-hybridized carbons (Fsp3) is 0.250. The molecule has 84 valence electrons. The lowest BCUT2D eigenvalue weighted by Gasteiger charge is -2.11. The minimum atomic E-state index is -0.463. The molecule has 0 bridgehead atoms. The van der Waals surface area contributed by atoms with Gasteiger partial charge in [0.2, 0.25) is 0 Å². The molecule has 0 aliphatic carbocycles. The fourth-order valence-electron chi connectivity index (χ4n) is 1.33. The quantitative estimate of drug-likeness (QED) is 0.739. The van der Waals surface area contributed by atoms with E-state index in [0.717, 1.165) is 0 Å². The van der Waals surface area contributed by atoms with Gasteiger partial charge >= 0.3 is 0 Å². The molecule has 0 aliphatic rings. The van der Waals surface area contributed by atoms with Crippen molar-refractivity contribution in [1.29, 1.82) is 5.26 Å². The summed E-state index contributed by atoms with van der Waals surface area (Å²) in [5.41, 5.74) is 0.697. The molecule has 4 nitrogen and oxygen atoms in total. The summed E-state index contributed by atoms with van der Waals surface area (Å²) >= 11 is 0. The lowest BCUT2D eigenvalue weighted by atomic mass is 10.1. The number of hydrogen-bond donors (Lipinski definition) is 2. The number of nitrogens with one attached hydrogen (secondary N) is 1. The Kier molecular flexibility index (Phi) is 4.37. The number of phenolic OH excluding ortho intramolecular Hbond substituents is 1. The Hall–Kier alpha value is -1.99. The van der Waals surface area contributed by atoms with E-state index < -0.39 is 6.04 Å². The topological polar surface area (TPSA) is 65.3 Å². The lowest BCUT2D eigenvalue weighted by Crippen LogP contribution is -2.19. The molecule has 1 atom stereocenters. The van der Waals surface area contributed by atoms with Gasteiger partial charge in [-0.2, -0.15) is 5.26 Å². The van der Waals surface area contributed by atoms with Gasteiger partial charge in [0.05, 0.1) is 13.2 Å². The lowest BCUT2D eigenvalue weighted by molar-refractivity contribution is 0.373. The van der Waals surface area contributed by atoms with Gasteiger partial charge in [0.25, 0.3) is 0 Å². The van der Waals surface area contributed by atoms with Gasteiger partial charge in [-0.25, -0.2) is 0 Å². The van der Waals surface area contributed by atoms with Crippen LogP contribution in [0.3, 0.4) is 0 Å². The van der Waals surface area contributed by atoms with Crippen LogP contribution in [0.5, 0.6) is 11.5 Å². The van der Waals surface area contributed by atoms with E-state index in [1.165, 1.54) is 13.2 Å². The number of methoxy groups -OCH3 is 1. The maximum Gasteiger partial charge on any atom is 0.160 e. The molecule has 0 saturated heterocycles. The van der Waals surface area contributed by atoms with Gasteiger partial charge in [-0.05, 0) is 17.7 Å². The zero-order valence-corrected chi connectivity index (χ0v) is 9.10. The van der Waals surface area contributed by atoms with Crippen molar-refractivity contribution in [1.82, 2.24) is 5.32 Å². The van der Waals surface area contributed by atoms with Crippen LogP contribution in [0.25, 0.3) is 0 Å². The maximum atomic E-state index is 9.58. The van der Waals surface area contributed by atoms with E-state index in [0.29, 0.717) is 17.9 Å². The summed E-state index contributed by atoms with van der Waals surface area (Å²) in [6.07, 6.45) is 1.67. The van der Waals surface area contributed by atoms with E-state index in [9.17, 15) is 5.11 Å². The molecule has 16 heavy (non-hydrogen) atoms. The summed E-state index contributed by atoms with van der Waals surface area (Å²) in [6.45, 7) is 4.10. The van der Waals surface area contributed by atoms with Crippen LogP contribution in [-0.4, -0.2) is 18.8 Å². The number of phenols is 1. The summed E-state index contributed by atoms with van der Waals surface area (Å²) in [5, 5.41) is 21.5. The average Bonchev–Trinajstić information content (AvgIpc) is 2.30. The highest BCUT2D eigenvalue weighted by Crippen LogP contribution is 2.28. The Bertz CT molecular complexity index is 410. The summed E-state index contributed by atoms with van der Waals surface area (Å²) < 4.78 is 4.92. The van der Waals surface area contributed by atoms with Gasteiger partial charge in [0.15, 0.2) is 11.5 Å². The molecule has 0 heterocycles. The van der Waals surface area contributed by atoms with Crippen LogP contribution >= 0.6 is 0 Å². The van der Waals surface area contributed by atoms with E-state index in [-0.39, 0.29) is 5.75 Å². The van der Waals surface area contributed by atoms with E-state index in [4.69, 9.17) is 10.00 Å². The Morgan fingerprint density at radius 1 is 1.69 bits per heavy atom. The molecule has 1 aromatic rings. The van der Waals surface area contributed by atoms with E-state index >= 15 is 0 Å². The summed E-state index contributed by atoms with van der Waals surface area (Å²) in [4.78, 5) is 0. The van der Waals surface area contributed by atoms with Gasteiger partial charge in [-0.15, -0.1) is 6.58 Å². The fourth-order valence-corrected chi connectivity index (χ4v) is 1.33. The second kappa shape index (κ2) is 5.79. The molecule has 4 heteroatoms. The molecule has 0 aliphatic heterocycles. The third kappa shape index (κ3) is 2.75. The standard InChI is InChI=1S/C12H14N2O2/c1-3-6-14-10(8-13)9-4-5-12(16-2)11(15)7-9/h3-5,7,10,14-15H,1,6H2,2H3. The minimum absolute atomic E-state index is 0.0284. The first-order chi connectivity index (χ1) is 7.72. The zero-order chi connectivity index (χ0) is 12.0. The van der Waals surface area contributed by atoms with Crippen LogP contribution in [-0.2, 0) is 0 Å².